The maximum Gasteiger partial charge on any atom is 0.159 e. The Morgan fingerprint density at radius 1 is 1.06 bits per heavy atom. The first-order valence-electron chi connectivity index (χ1n) is 12.8. The second kappa shape index (κ2) is 7.77. The number of rotatable bonds is 4. The maximum atomic E-state index is 13.7. The van der Waals surface area contributed by atoms with Crippen LogP contribution in [0.5, 0.6) is 0 Å². The van der Waals surface area contributed by atoms with Crippen molar-refractivity contribution in [3.63, 3.8) is 0 Å². The Balaban J connectivity index is 1.65. The maximum absolute atomic E-state index is 13.7. The van der Waals surface area contributed by atoms with E-state index in [-0.39, 0.29) is 34.1 Å². The van der Waals surface area contributed by atoms with Crippen molar-refractivity contribution in [2.24, 2.45) is 45.8 Å². The van der Waals surface area contributed by atoms with Crippen LogP contribution in [-0.4, -0.2) is 17.3 Å². The van der Waals surface area contributed by atoms with E-state index >= 15 is 0 Å². The summed E-state index contributed by atoms with van der Waals surface area (Å²) in [4.78, 5) is 38.8. The number of hydrogen-bond donors (Lipinski definition) is 0. The van der Waals surface area contributed by atoms with Crippen molar-refractivity contribution in [2.45, 2.75) is 93.4 Å². The molecule has 0 aromatic heterocycles. The smallest absolute Gasteiger partial charge is 0.159 e. The molecule has 32 heavy (non-hydrogen) atoms. The molecule has 176 valence electrons. The molecule has 0 aromatic rings. The molecule has 7 atom stereocenters. The lowest BCUT2D eigenvalue weighted by Gasteiger charge is -2.59. The summed E-state index contributed by atoms with van der Waals surface area (Å²) in [5, 5.41) is 0. The summed E-state index contributed by atoms with van der Waals surface area (Å²) >= 11 is 0. The van der Waals surface area contributed by atoms with Crippen LogP contribution >= 0.6 is 0 Å². The summed E-state index contributed by atoms with van der Waals surface area (Å²) in [6.45, 7) is 15.1. The third-order valence-electron chi connectivity index (χ3n) is 10.5. The topological polar surface area (TPSA) is 51.2 Å². The molecule has 4 aliphatic rings. The van der Waals surface area contributed by atoms with Crippen molar-refractivity contribution in [1.82, 2.24) is 0 Å². The second-order valence-corrected chi connectivity index (χ2v) is 12.7. The Labute approximate surface area is 194 Å². The van der Waals surface area contributed by atoms with Crippen LogP contribution in [0.3, 0.4) is 0 Å². The highest BCUT2D eigenvalue weighted by Gasteiger charge is 2.65. The summed E-state index contributed by atoms with van der Waals surface area (Å²) in [6, 6.07) is 0. The number of fused-ring (bicyclic) bond motifs is 5. The molecule has 0 unspecified atom stereocenters. The molecule has 4 rings (SSSR count). The molecular weight excluding hydrogens is 396 g/mol. The average molecular weight is 439 g/mol. The van der Waals surface area contributed by atoms with Crippen molar-refractivity contribution < 1.29 is 14.4 Å². The molecular formula is C29H42O3. The van der Waals surface area contributed by atoms with Gasteiger partial charge in [0.05, 0.1) is 0 Å². The Hall–Kier alpha value is -1.51. The van der Waals surface area contributed by atoms with E-state index < -0.39 is 5.41 Å². The fourth-order valence-electron chi connectivity index (χ4n) is 8.64. The minimum absolute atomic E-state index is 0.0287. The van der Waals surface area contributed by atoms with Crippen molar-refractivity contribution in [3.8, 4) is 0 Å². The lowest BCUT2D eigenvalue weighted by atomic mass is 9.43. The largest absolute Gasteiger partial charge is 0.299 e. The zero-order valence-electron chi connectivity index (χ0n) is 21.2. The molecule has 3 nitrogen and oxygen atoms in total. The number of carbonyl (C=O) groups is 3. The van der Waals surface area contributed by atoms with Crippen molar-refractivity contribution in [2.75, 3.05) is 0 Å². The zero-order chi connectivity index (χ0) is 23.6. The number of allylic oxidation sites excluding steroid dienone is 4. The van der Waals surface area contributed by atoms with Gasteiger partial charge in [-0.05, 0) is 106 Å². The van der Waals surface area contributed by atoms with E-state index in [0.717, 1.165) is 43.3 Å². The normalized spacial score (nSPS) is 41.2. The first-order chi connectivity index (χ1) is 14.8. The lowest BCUT2D eigenvalue weighted by molar-refractivity contribution is -0.146. The highest BCUT2D eigenvalue weighted by molar-refractivity contribution is 5.98. The second-order valence-electron chi connectivity index (χ2n) is 12.7. The highest BCUT2D eigenvalue weighted by atomic mass is 16.1. The number of ketones is 3. The summed E-state index contributed by atoms with van der Waals surface area (Å²) in [5.41, 5.74) is 1.74. The fourth-order valence-corrected chi connectivity index (χ4v) is 8.64. The molecule has 3 heteroatoms. The molecule has 0 amide bonds. The van der Waals surface area contributed by atoms with Gasteiger partial charge in [-0.3, -0.25) is 14.4 Å². The van der Waals surface area contributed by atoms with Crippen LogP contribution in [0, 0.1) is 45.8 Å². The highest BCUT2D eigenvalue weighted by Crippen LogP contribution is 2.70. The number of carbonyl (C=O) groups excluding carboxylic acids is 3. The van der Waals surface area contributed by atoms with Crippen LogP contribution in [0.4, 0.5) is 0 Å². The van der Waals surface area contributed by atoms with Crippen molar-refractivity contribution in [1.29, 1.82) is 0 Å². The molecule has 0 bridgehead atoms. The van der Waals surface area contributed by atoms with Gasteiger partial charge >= 0.3 is 0 Å². The standard InChI is InChI=1S/C29H42O3/c1-17(2)14-19(30)15-18(3)22-11-13-29(7)26-21(10-12-28(22,29)6)20-8-9-25(32)27(4,5)23(20)16-24(26)31/h14,16,18,20-22,26H,8-13,15H2,1-7H3/t18-,20-,21-,22-,26+,28-,29+/m1/s1. The Morgan fingerprint density at radius 2 is 1.72 bits per heavy atom. The molecule has 3 fully saturated rings. The first-order valence-corrected chi connectivity index (χ1v) is 12.8. The Kier molecular flexibility index (Phi) is 5.74. The van der Waals surface area contributed by atoms with Crippen LogP contribution in [0.25, 0.3) is 0 Å². The van der Waals surface area contributed by atoms with E-state index in [4.69, 9.17) is 0 Å². The summed E-state index contributed by atoms with van der Waals surface area (Å²) in [5.74, 6) is 2.41. The third kappa shape index (κ3) is 3.32. The minimum atomic E-state index is -0.497. The predicted molar refractivity (Wildman–Crippen MR) is 128 cm³/mol. The van der Waals surface area contributed by atoms with E-state index in [1.165, 1.54) is 0 Å². The van der Waals surface area contributed by atoms with Crippen LogP contribution in [0.2, 0.25) is 0 Å². The molecule has 0 spiro atoms. The van der Waals surface area contributed by atoms with Crippen LogP contribution in [0.1, 0.15) is 93.4 Å². The Bertz CT molecular complexity index is 901. The van der Waals surface area contributed by atoms with Crippen molar-refractivity contribution >= 4 is 17.3 Å². The van der Waals surface area contributed by atoms with Gasteiger partial charge in [-0.2, -0.15) is 0 Å². The van der Waals surface area contributed by atoms with E-state index in [0.29, 0.717) is 36.5 Å². The molecule has 3 saturated carbocycles. The number of Topliss-reactive ketones (excluding diaryl/α,β-unsaturated/α-hetero) is 1. The van der Waals surface area contributed by atoms with Crippen LogP contribution in [0.15, 0.2) is 23.3 Å². The van der Waals surface area contributed by atoms with Gasteiger partial charge in [0, 0.05) is 24.2 Å². The number of hydrogen-bond acceptors (Lipinski definition) is 3. The van der Waals surface area contributed by atoms with Gasteiger partial charge in [0.1, 0.15) is 5.78 Å². The summed E-state index contributed by atoms with van der Waals surface area (Å²) in [6.07, 6.45) is 10.2. The molecule has 0 heterocycles. The molecule has 0 aromatic carbocycles. The van der Waals surface area contributed by atoms with Gasteiger partial charge in [0.25, 0.3) is 0 Å². The van der Waals surface area contributed by atoms with E-state index in [1.807, 2.05) is 33.8 Å². The average Bonchev–Trinajstić information content (AvgIpc) is 2.96. The Morgan fingerprint density at radius 3 is 2.38 bits per heavy atom. The van der Waals surface area contributed by atoms with Gasteiger partial charge in [0.15, 0.2) is 11.6 Å². The van der Waals surface area contributed by atoms with E-state index in [1.54, 1.807) is 6.08 Å². The van der Waals surface area contributed by atoms with Crippen molar-refractivity contribution in [3.05, 3.63) is 23.3 Å². The van der Waals surface area contributed by atoms with Gasteiger partial charge < -0.3 is 0 Å². The van der Waals surface area contributed by atoms with E-state index in [2.05, 4.69) is 20.8 Å². The van der Waals surface area contributed by atoms with Crippen LogP contribution in [-0.2, 0) is 14.4 Å². The molecule has 0 aliphatic heterocycles. The molecule has 0 saturated heterocycles. The van der Waals surface area contributed by atoms with Gasteiger partial charge in [-0.1, -0.05) is 31.9 Å². The quantitative estimate of drug-likeness (QED) is 0.470. The predicted octanol–water partition coefficient (Wildman–Crippen LogP) is 6.51. The zero-order valence-corrected chi connectivity index (χ0v) is 21.2. The fraction of sp³-hybridized carbons (Fsp3) is 0.759. The molecule has 0 N–H and O–H groups in total. The van der Waals surface area contributed by atoms with Gasteiger partial charge in [-0.25, -0.2) is 0 Å². The van der Waals surface area contributed by atoms with Gasteiger partial charge in [-0.15, -0.1) is 0 Å². The molecule has 0 radical (unpaired) electrons. The summed E-state index contributed by atoms with van der Waals surface area (Å²) in [7, 11) is 0. The SMILES string of the molecule is CC(C)=CC(=O)C[C@@H](C)[C@H]1CC[C@@]2(C)[C@@H]3C(=O)C=C4[C@H](CCC(=O)C4(C)C)[C@H]3CC[C@]12C. The van der Waals surface area contributed by atoms with E-state index in [9.17, 15) is 14.4 Å². The van der Waals surface area contributed by atoms with Crippen LogP contribution < -0.4 is 0 Å². The third-order valence-corrected chi connectivity index (χ3v) is 10.5. The summed E-state index contributed by atoms with van der Waals surface area (Å²) < 4.78 is 0. The monoisotopic (exact) mass is 438 g/mol. The van der Waals surface area contributed by atoms with Gasteiger partial charge in [0.2, 0.25) is 0 Å². The first kappa shape index (κ1) is 23.6. The molecule has 4 aliphatic carbocycles. The minimum Gasteiger partial charge on any atom is -0.299 e. The lowest BCUT2D eigenvalue weighted by Crippen LogP contribution is -2.57.